The number of anilines is 3. The van der Waals surface area contributed by atoms with E-state index in [4.69, 9.17) is 27.9 Å². The van der Waals surface area contributed by atoms with Crippen LogP contribution in [0.15, 0.2) is 23.0 Å². The molecule has 1 saturated heterocycles. The second kappa shape index (κ2) is 8.02. The first-order chi connectivity index (χ1) is 13.9. The van der Waals surface area contributed by atoms with E-state index < -0.39 is 23.3 Å². The standard InChI is InChI=1S/C18H17Cl2N5O4/c19-11-2-1-9(7-12(11)20)21-16(27)10-8-13(26)22-15-14(10)17(28)24-18(23-15)25-3-5-29-6-4-25/h1-2,7,10H,3-6,8H2,(H,21,27)(H2,22,23,24,26,28)/t10-/m0/s1. The van der Waals surface area contributed by atoms with Crippen molar-refractivity contribution in [1.29, 1.82) is 0 Å². The van der Waals surface area contributed by atoms with Gasteiger partial charge in [0, 0.05) is 25.2 Å². The van der Waals surface area contributed by atoms with Gasteiger partial charge in [0.1, 0.15) is 5.82 Å². The fraction of sp³-hybridized carbons (Fsp3) is 0.333. The monoisotopic (exact) mass is 437 g/mol. The van der Waals surface area contributed by atoms with Gasteiger partial charge >= 0.3 is 0 Å². The number of carbonyl (C=O) groups is 2. The molecule has 9 nitrogen and oxygen atoms in total. The molecule has 1 aromatic heterocycles. The maximum absolute atomic E-state index is 12.8. The van der Waals surface area contributed by atoms with Crippen molar-refractivity contribution in [3.05, 3.63) is 44.2 Å². The summed E-state index contributed by atoms with van der Waals surface area (Å²) in [6, 6.07) is 4.62. The Hall–Kier alpha value is -2.62. The van der Waals surface area contributed by atoms with E-state index in [2.05, 4.69) is 20.6 Å². The predicted octanol–water partition coefficient (Wildman–Crippen LogP) is 1.98. The highest BCUT2D eigenvalue weighted by atomic mass is 35.5. The number of ether oxygens (including phenoxy) is 1. The van der Waals surface area contributed by atoms with Crippen molar-refractivity contribution in [2.45, 2.75) is 12.3 Å². The molecule has 3 N–H and O–H groups in total. The molecule has 152 valence electrons. The topological polar surface area (TPSA) is 116 Å². The number of aromatic nitrogens is 2. The number of fused-ring (bicyclic) bond motifs is 1. The average Bonchev–Trinajstić information content (AvgIpc) is 2.70. The number of morpholine rings is 1. The van der Waals surface area contributed by atoms with Crippen LogP contribution in [0.4, 0.5) is 17.5 Å². The second-order valence-corrected chi connectivity index (χ2v) is 7.49. The van der Waals surface area contributed by atoms with E-state index >= 15 is 0 Å². The molecule has 0 unspecified atom stereocenters. The minimum absolute atomic E-state index is 0.0979. The number of halogens is 2. The molecule has 4 rings (SSSR count). The Labute approximate surface area is 175 Å². The molecule has 0 saturated carbocycles. The Bertz CT molecular complexity index is 1040. The van der Waals surface area contributed by atoms with E-state index in [9.17, 15) is 14.4 Å². The zero-order valence-corrected chi connectivity index (χ0v) is 16.6. The van der Waals surface area contributed by atoms with Crippen molar-refractivity contribution in [2.75, 3.05) is 41.8 Å². The van der Waals surface area contributed by atoms with Crippen molar-refractivity contribution in [1.82, 2.24) is 9.97 Å². The van der Waals surface area contributed by atoms with Crippen LogP contribution in [0, 0.1) is 0 Å². The van der Waals surface area contributed by atoms with Gasteiger partial charge in [-0.15, -0.1) is 0 Å². The fourth-order valence-electron chi connectivity index (χ4n) is 3.31. The number of nitrogens with zero attached hydrogens (tertiary/aromatic N) is 2. The van der Waals surface area contributed by atoms with E-state index in [-0.39, 0.29) is 22.8 Å². The third kappa shape index (κ3) is 4.07. The molecule has 1 atom stereocenters. The van der Waals surface area contributed by atoms with Gasteiger partial charge in [0.05, 0.1) is 34.7 Å². The summed E-state index contributed by atoms with van der Waals surface area (Å²) in [5.41, 5.74) is 0.0659. The van der Waals surface area contributed by atoms with Crippen LogP contribution in [0.25, 0.3) is 0 Å². The van der Waals surface area contributed by atoms with Gasteiger partial charge in [-0.3, -0.25) is 19.4 Å². The van der Waals surface area contributed by atoms with Crippen molar-refractivity contribution in [2.24, 2.45) is 0 Å². The van der Waals surface area contributed by atoms with Crippen molar-refractivity contribution < 1.29 is 14.3 Å². The van der Waals surface area contributed by atoms with Crippen LogP contribution in [0.3, 0.4) is 0 Å². The Balaban J connectivity index is 1.64. The van der Waals surface area contributed by atoms with Crippen LogP contribution in [0.1, 0.15) is 17.9 Å². The Morgan fingerprint density at radius 2 is 1.97 bits per heavy atom. The molecule has 0 aliphatic carbocycles. The van der Waals surface area contributed by atoms with Gasteiger partial charge in [-0.2, -0.15) is 4.98 Å². The number of benzene rings is 1. The lowest BCUT2D eigenvalue weighted by atomic mass is 9.92. The maximum Gasteiger partial charge on any atom is 0.258 e. The number of nitrogens with one attached hydrogen (secondary N) is 3. The zero-order chi connectivity index (χ0) is 20.5. The van der Waals surface area contributed by atoms with E-state index in [1.165, 1.54) is 6.07 Å². The number of hydrogen-bond acceptors (Lipinski definition) is 6. The Morgan fingerprint density at radius 3 is 2.69 bits per heavy atom. The summed E-state index contributed by atoms with van der Waals surface area (Å²) in [5.74, 6) is -1.45. The van der Waals surface area contributed by atoms with Gasteiger partial charge < -0.3 is 20.3 Å². The molecule has 0 spiro atoms. The summed E-state index contributed by atoms with van der Waals surface area (Å²) in [4.78, 5) is 46.7. The third-order valence-electron chi connectivity index (χ3n) is 4.75. The summed E-state index contributed by atoms with van der Waals surface area (Å²) < 4.78 is 5.30. The number of carbonyl (C=O) groups excluding carboxylic acids is 2. The van der Waals surface area contributed by atoms with E-state index in [1.54, 1.807) is 12.1 Å². The minimum Gasteiger partial charge on any atom is -0.378 e. The molecule has 29 heavy (non-hydrogen) atoms. The summed E-state index contributed by atoms with van der Waals surface area (Å²) in [5, 5.41) is 5.90. The molecule has 2 amide bonds. The van der Waals surface area contributed by atoms with Crippen LogP contribution < -0.4 is 21.1 Å². The van der Waals surface area contributed by atoms with Gasteiger partial charge in [-0.1, -0.05) is 23.2 Å². The molecule has 3 heterocycles. The summed E-state index contributed by atoms with van der Waals surface area (Å²) in [6.07, 6.45) is -0.165. The van der Waals surface area contributed by atoms with Crippen molar-refractivity contribution in [3.8, 4) is 0 Å². The molecule has 2 aliphatic rings. The lowest BCUT2D eigenvalue weighted by molar-refractivity contribution is -0.123. The zero-order valence-electron chi connectivity index (χ0n) is 15.1. The molecule has 1 fully saturated rings. The minimum atomic E-state index is -0.983. The fourth-order valence-corrected chi connectivity index (χ4v) is 3.61. The Morgan fingerprint density at radius 1 is 1.21 bits per heavy atom. The number of rotatable bonds is 3. The second-order valence-electron chi connectivity index (χ2n) is 6.67. The first-order valence-corrected chi connectivity index (χ1v) is 9.70. The molecule has 0 radical (unpaired) electrons. The van der Waals surface area contributed by atoms with Gasteiger partial charge in [-0.05, 0) is 18.2 Å². The van der Waals surface area contributed by atoms with Crippen LogP contribution in [-0.4, -0.2) is 48.1 Å². The lowest BCUT2D eigenvalue weighted by Crippen LogP contribution is -2.41. The SMILES string of the molecule is O=C1C[C@H](C(=O)Nc2ccc(Cl)c(Cl)c2)c2c(nc(N3CCOCC3)[nH]c2=O)N1. The highest BCUT2D eigenvalue weighted by Gasteiger charge is 2.35. The van der Waals surface area contributed by atoms with Crippen LogP contribution >= 0.6 is 23.2 Å². The van der Waals surface area contributed by atoms with E-state index in [0.29, 0.717) is 43.0 Å². The third-order valence-corrected chi connectivity index (χ3v) is 5.49. The van der Waals surface area contributed by atoms with Gasteiger partial charge in [0.2, 0.25) is 17.8 Å². The van der Waals surface area contributed by atoms with Gasteiger partial charge in [0.25, 0.3) is 5.56 Å². The maximum atomic E-state index is 12.8. The van der Waals surface area contributed by atoms with Crippen LogP contribution in [-0.2, 0) is 14.3 Å². The highest BCUT2D eigenvalue weighted by molar-refractivity contribution is 6.42. The number of hydrogen-bond donors (Lipinski definition) is 3. The Kier molecular flexibility index (Phi) is 5.44. The predicted molar refractivity (Wildman–Crippen MR) is 109 cm³/mol. The summed E-state index contributed by atoms with van der Waals surface area (Å²) >= 11 is 11.9. The van der Waals surface area contributed by atoms with Crippen molar-refractivity contribution in [3.63, 3.8) is 0 Å². The van der Waals surface area contributed by atoms with Gasteiger partial charge in [-0.25, -0.2) is 0 Å². The average molecular weight is 438 g/mol. The normalized spacial score (nSPS) is 18.8. The van der Waals surface area contributed by atoms with Crippen LogP contribution in [0.5, 0.6) is 0 Å². The summed E-state index contributed by atoms with van der Waals surface area (Å²) in [7, 11) is 0. The van der Waals surface area contributed by atoms with E-state index in [0.717, 1.165) is 0 Å². The molecular formula is C18H17Cl2N5O4. The number of amides is 2. The van der Waals surface area contributed by atoms with E-state index in [1.807, 2.05) is 4.90 Å². The molecular weight excluding hydrogens is 421 g/mol. The molecule has 2 aromatic rings. The van der Waals surface area contributed by atoms with Crippen LogP contribution in [0.2, 0.25) is 10.0 Å². The molecule has 11 heteroatoms. The quantitative estimate of drug-likeness (QED) is 0.675. The van der Waals surface area contributed by atoms with Crippen molar-refractivity contribution >= 4 is 52.5 Å². The number of H-pyrrole nitrogens is 1. The molecule has 2 aliphatic heterocycles. The smallest absolute Gasteiger partial charge is 0.258 e. The van der Waals surface area contributed by atoms with Gasteiger partial charge in [0.15, 0.2) is 0 Å². The lowest BCUT2D eigenvalue weighted by Gasteiger charge is -2.29. The largest absolute Gasteiger partial charge is 0.378 e. The molecule has 0 bridgehead atoms. The first kappa shape index (κ1) is 19.7. The molecule has 1 aromatic carbocycles. The number of aromatic amines is 1. The highest BCUT2D eigenvalue weighted by Crippen LogP contribution is 2.31. The first-order valence-electron chi connectivity index (χ1n) is 8.95. The summed E-state index contributed by atoms with van der Waals surface area (Å²) in [6.45, 7) is 2.16.